The molecule has 0 aromatic heterocycles. The Hall–Kier alpha value is -9.78. The molecule has 2 saturated heterocycles. The molecule has 42 heteroatoms. The molecule has 116 heavy (non-hydrogen) atoms. The van der Waals surface area contributed by atoms with Crippen LogP contribution in [0.5, 0.6) is 0 Å². The van der Waals surface area contributed by atoms with Crippen molar-refractivity contribution in [2.75, 3.05) is 26.7 Å². The summed E-state index contributed by atoms with van der Waals surface area (Å²) < 4.78 is 11.8. The molecule has 22 atom stereocenters. The van der Waals surface area contributed by atoms with Gasteiger partial charge in [0, 0.05) is 39.0 Å². The lowest BCUT2D eigenvalue weighted by molar-refractivity contribution is -0.168. The van der Waals surface area contributed by atoms with Crippen molar-refractivity contribution in [3.8, 4) is 0 Å². The Morgan fingerprint density at radius 2 is 1.19 bits per heavy atom. The largest absolute Gasteiger partial charge is 0.481 e. The van der Waals surface area contributed by atoms with E-state index in [4.69, 9.17) is 38.1 Å². The number of amides is 15. The predicted octanol–water partition coefficient (Wildman–Crippen LogP) is -6.14. The fourth-order valence-corrected chi connectivity index (χ4v) is 13.5. The number of carboxylic acids is 2. The van der Waals surface area contributed by atoms with Gasteiger partial charge in [-0.2, -0.15) is 0 Å². The number of carbonyl (C=O) groups is 18. The van der Waals surface area contributed by atoms with Crippen LogP contribution in [-0.2, 0) is 95.8 Å². The van der Waals surface area contributed by atoms with Crippen LogP contribution >= 0.6 is 0 Å². The molecule has 658 valence electrons. The minimum absolute atomic E-state index is 0.0560. The average molecular weight is 1660 g/mol. The molecule has 2 rings (SSSR count). The Bertz CT molecular complexity index is 3440. The first-order valence-corrected chi connectivity index (χ1v) is 39.1. The molecule has 0 aromatic rings. The van der Waals surface area contributed by atoms with Crippen LogP contribution in [0.2, 0.25) is 0 Å². The van der Waals surface area contributed by atoms with E-state index in [0.717, 1.165) is 23.8 Å². The highest BCUT2D eigenvalue weighted by molar-refractivity contribution is 6.02. The molecule has 2 aliphatic rings. The first kappa shape index (κ1) is 102. The number of esters is 1. The standard InChI is InChI=1S/C74H126N16O26/c1-15-115-60(62(79)102)55-69(109)84-45(31-51(96)97)73(113)90-27-19-17-21-47(90)74(114)116-59(36(9)34(6)7)54(70(110)86-53(40(13)91)68(108)81-42(20-16-18-26-75)64(104)83-44(29-33(4)5)72(112)89(14)46(66(106)87-55)23-25-49(77)93)88-67(107)52(37(10)38(11)61(78)101)85-71(111)58(100)57(99)41(22-24-48(76)92)80-65(105)43(30-50(94)95)82-63(103)39(12)56(98)35(8)28-32(2)3/h32-47,52-60,91,98-100H,15-31,75H2,1-14H3,(H2,76,92)(H2,77,93)(H2,78,101)(H2,79,102)(H,80,105)(H,81,108)(H,82,103)(H,83,104)(H,84,109)(H,85,111)(H,86,110)(H,87,106)(H,88,107)(H,94,95)(H,96,97)/t35-,36-,37+,38-,39-,40-,41+,42-,43-,44+,45-,46+,47+,52+,53-,54-,55+,56-,57-,58-,59-,60+/m1/s1. The number of hydrogen-bond donors (Lipinski definition) is 20. The summed E-state index contributed by atoms with van der Waals surface area (Å²) in [7, 11) is 1.08. The van der Waals surface area contributed by atoms with Crippen molar-refractivity contribution in [3.63, 3.8) is 0 Å². The molecule has 25 N–H and O–H groups in total. The van der Waals surface area contributed by atoms with E-state index in [-0.39, 0.29) is 64.0 Å². The third-order valence-corrected chi connectivity index (χ3v) is 20.8. The highest BCUT2D eigenvalue weighted by Gasteiger charge is 2.49. The lowest BCUT2D eigenvalue weighted by atomic mass is 9.85. The van der Waals surface area contributed by atoms with Crippen molar-refractivity contribution in [3.05, 3.63) is 0 Å². The molecular formula is C74H126N16O26. The van der Waals surface area contributed by atoms with E-state index in [9.17, 15) is 97.8 Å². The molecule has 0 aliphatic carbocycles. The van der Waals surface area contributed by atoms with Gasteiger partial charge in [0.05, 0.1) is 37.0 Å². The van der Waals surface area contributed by atoms with E-state index in [2.05, 4.69) is 47.9 Å². The van der Waals surface area contributed by atoms with Crippen LogP contribution in [0.15, 0.2) is 0 Å². The number of carbonyl (C=O) groups excluding carboxylic acids is 16. The minimum atomic E-state index is -2.81. The molecule has 42 nitrogen and oxygen atoms in total. The number of primary amides is 4. The molecular weight excluding hydrogens is 1530 g/mol. The van der Waals surface area contributed by atoms with E-state index in [1.54, 1.807) is 34.6 Å². The van der Waals surface area contributed by atoms with Gasteiger partial charge in [0.2, 0.25) is 82.7 Å². The number of nitrogens with two attached hydrogens (primary N) is 5. The molecule has 2 aliphatic heterocycles. The van der Waals surface area contributed by atoms with Gasteiger partial charge in [-0.1, -0.05) is 76.2 Å². The van der Waals surface area contributed by atoms with Gasteiger partial charge in [0.1, 0.15) is 72.6 Å². The SMILES string of the molecule is CCO[C@H](C(N)=O)[C@@H]1NC(=O)[C@H](CCC(N)=O)N(C)C(=O)[C@H](CC(C)C)NC(=O)[C@@H](CCCCN)NC(=O)[C@@H]([C@@H](C)O)NC(=O)[C@H](NC(=O)[C@@H](NC(=O)[C@H](O)[C@H](O)[C@H](CCC(N)=O)NC(=O)[C@@H](CC(=O)O)NC(=O)[C@H](C)[C@H](O)[C@H](C)CC(C)C)[C@@H](C)[C@@H](C)C(N)=O)[C@@H]([C@H](C)C(C)C)OC(=O)[C@@H]2CCCCN2C(=O)[C@@H](CC(=O)O)NC1=O. The zero-order chi connectivity index (χ0) is 88.8. The fourth-order valence-electron chi connectivity index (χ4n) is 13.5. The second-order valence-electron chi connectivity index (χ2n) is 31.3. The number of aliphatic carboxylic acids is 2. The van der Waals surface area contributed by atoms with Gasteiger partial charge in [-0.15, -0.1) is 0 Å². The summed E-state index contributed by atoms with van der Waals surface area (Å²) in [5, 5.41) is 87.4. The Labute approximate surface area is 673 Å². The zero-order valence-electron chi connectivity index (χ0n) is 68.6. The first-order valence-electron chi connectivity index (χ1n) is 39.1. The molecule has 0 bridgehead atoms. The Kier molecular flexibility index (Phi) is 42.9. The Balaban J connectivity index is 3.24. The highest BCUT2D eigenvalue weighted by atomic mass is 16.5. The maximum atomic E-state index is 15.7. The molecule has 0 spiro atoms. The number of unbranched alkanes of at least 4 members (excludes halogenated alkanes) is 1. The number of aliphatic hydroxyl groups excluding tert-OH is 4. The third kappa shape index (κ3) is 31.7. The molecule has 15 amide bonds. The van der Waals surface area contributed by atoms with E-state index in [0.29, 0.717) is 6.42 Å². The van der Waals surface area contributed by atoms with Crippen LogP contribution < -0.4 is 76.5 Å². The van der Waals surface area contributed by atoms with Gasteiger partial charge in [0.25, 0.3) is 5.91 Å². The normalized spacial score (nSPS) is 24.1. The van der Waals surface area contributed by atoms with E-state index in [1.807, 2.05) is 13.8 Å². The molecule has 2 fully saturated rings. The molecule has 0 unspecified atom stereocenters. The van der Waals surface area contributed by atoms with Crippen LogP contribution in [0.3, 0.4) is 0 Å². The van der Waals surface area contributed by atoms with Crippen molar-refractivity contribution >= 4 is 107 Å². The van der Waals surface area contributed by atoms with E-state index < -0.39 is 296 Å². The number of carboxylic acid groups (broad SMARTS) is 2. The summed E-state index contributed by atoms with van der Waals surface area (Å²) in [5.41, 5.74) is 28.3. The second kappa shape index (κ2) is 48.7. The molecule has 0 radical (unpaired) electrons. The molecule has 0 aromatic carbocycles. The number of rotatable bonds is 40. The summed E-state index contributed by atoms with van der Waals surface area (Å²) in [4.78, 5) is 256. The van der Waals surface area contributed by atoms with Gasteiger partial charge < -0.3 is 126 Å². The van der Waals surface area contributed by atoms with E-state index in [1.165, 1.54) is 34.6 Å². The number of fused-ring (bicyclic) bond motifs is 1. The molecule has 0 saturated carbocycles. The lowest BCUT2D eigenvalue weighted by Gasteiger charge is -2.40. The van der Waals surface area contributed by atoms with Crippen molar-refractivity contribution < 1.29 is 126 Å². The number of cyclic esters (lactones) is 1. The summed E-state index contributed by atoms with van der Waals surface area (Å²) in [6, 6.07) is -22.2. The Morgan fingerprint density at radius 3 is 1.72 bits per heavy atom. The number of aliphatic hydroxyl groups is 4. The van der Waals surface area contributed by atoms with Crippen LogP contribution in [0, 0.1) is 47.3 Å². The highest BCUT2D eigenvalue weighted by Crippen LogP contribution is 2.28. The van der Waals surface area contributed by atoms with Gasteiger partial charge in [0.15, 0.2) is 12.2 Å². The summed E-state index contributed by atoms with van der Waals surface area (Å²) in [5.74, 6) is -31.0. The zero-order valence-corrected chi connectivity index (χ0v) is 68.6. The lowest BCUT2D eigenvalue weighted by Crippen LogP contribution is -2.66. The maximum absolute atomic E-state index is 15.7. The molecule has 2 heterocycles. The number of hydrogen-bond acceptors (Lipinski definition) is 25. The second-order valence-corrected chi connectivity index (χ2v) is 31.3. The van der Waals surface area contributed by atoms with E-state index >= 15 is 19.2 Å². The van der Waals surface area contributed by atoms with Crippen LogP contribution in [0.25, 0.3) is 0 Å². The van der Waals surface area contributed by atoms with Crippen LogP contribution in [0.4, 0.5) is 0 Å². The van der Waals surface area contributed by atoms with Gasteiger partial charge in [-0.05, 0) is 120 Å². The summed E-state index contributed by atoms with van der Waals surface area (Å²) in [6.07, 6.45) is -17.6. The smallest absolute Gasteiger partial charge is 0.329 e. The van der Waals surface area contributed by atoms with Gasteiger partial charge in [-0.25, -0.2) is 4.79 Å². The predicted molar refractivity (Wildman–Crippen MR) is 411 cm³/mol. The first-order chi connectivity index (χ1) is 53.9. The van der Waals surface area contributed by atoms with Crippen LogP contribution in [-0.4, -0.2) is 277 Å². The summed E-state index contributed by atoms with van der Waals surface area (Å²) >= 11 is 0. The minimum Gasteiger partial charge on any atom is -0.481 e. The fraction of sp³-hybridized carbons (Fsp3) is 0.757. The van der Waals surface area contributed by atoms with Crippen molar-refractivity contribution in [2.45, 2.75) is 283 Å². The number of nitrogens with one attached hydrogen (secondary N) is 9. The Morgan fingerprint density at radius 1 is 0.603 bits per heavy atom. The number of piperidine rings is 1. The van der Waals surface area contributed by atoms with Crippen molar-refractivity contribution in [2.24, 2.45) is 76.0 Å². The average Bonchev–Trinajstić information content (AvgIpc) is 0.833. The third-order valence-electron chi connectivity index (χ3n) is 20.8. The number of nitrogens with zero attached hydrogens (tertiary/aromatic N) is 2. The maximum Gasteiger partial charge on any atom is 0.329 e. The van der Waals surface area contributed by atoms with Crippen molar-refractivity contribution in [1.82, 2.24) is 57.7 Å². The van der Waals surface area contributed by atoms with Crippen molar-refractivity contribution in [1.29, 1.82) is 0 Å². The quantitative estimate of drug-likeness (QED) is 0.0200. The summed E-state index contributed by atoms with van der Waals surface area (Å²) in [6.45, 7) is 18.6. The number of likely N-dealkylation sites (N-methyl/N-ethyl adjacent to an activating group) is 1. The van der Waals surface area contributed by atoms with Gasteiger partial charge >= 0.3 is 17.9 Å². The number of ether oxygens (including phenoxy) is 2. The van der Waals surface area contributed by atoms with Crippen LogP contribution in [0.1, 0.15) is 180 Å². The van der Waals surface area contributed by atoms with Gasteiger partial charge in [-0.3, -0.25) is 81.5 Å². The topological polar surface area (TPSA) is 692 Å². The monoisotopic (exact) mass is 1650 g/mol.